The summed E-state index contributed by atoms with van der Waals surface area (Å²) in [4.78, 5) is 11.9. The smallest absolute Gasteiger partial charge is 0.228 e. The van der Waals surface area contributed by atoms with Crippen molar-refractivity contribution in [1.82, 2.24) is 9.27 Å². The highest BCUT2D eigenvalue weighted by Gasteiger charge is 2.22. The molecule has 1 aromatic heterocycles. The van der Waals surface area contributed by atoms with Crippen molar-refractivity contribution < 1.29 is 30.8 Å². The third kappa shape index (κ3) is 3.36. The van der Waals surface area contributed by atoms with Crippen LogP contribution in [0.3, 0.4) is 0 Å². The van der Waals surface area contributed by atoms with Crippen LogP contribution in [0.25, 0.3) is 10.1 Å². The first-order chi connectivity index (χ1) is 21.1. The summed E-state index contributed by atoms with van der Waals surface area (Å²) in [6.45, 7) is -18.2. The molecular weight excluding hydrogens is 392 g/mol. The first kappa shape index (κ1) is 6.69. The summed E-state index contributed by atoms with van der Waals surface area (Å²) in [5.74, 6) is -2.09. The van der Waals surface area contributed by atoms with Crippen molar-refractivity contribution >= 4 is 50.6 Å². The summed E-state index contributed by atoms with van der Waals surface area (Å²) in [5.41, 5.74) is -2.74. The highest BCUT2D eigenvalue weighted by molar-refractivity contribution is 7.13. The normalized spacial score (nSPS) is 37.9. The molecule has 1 amide bonds. The molecule has 5 rings (SSSR count). The summed E-state index contributed by atoms with van der Waals surface area (Å²) < 4.78 is 165. The van der Waals surface area contributed by atoms with Gasteiger partial charge in [0, 0.05) is 62.3 Å². The van der Waals surface area contributed by atoms with Gasteiger partial charge in [-0.1, -0.05) is 29.7 Å². The minimum Gasteiger partial charge on any atom is -0.353 e. The predicted octanol–water partition coefficient (Wildman–Crippen LogP) is 3.81. The van der Waals surface area contributed by atoms with E-state index < -0.39 is 125 Å². The van der Waals surface area contributed by atoms with E-state index in [1.165, 1.54) is 0 Å². The molecule has 1 atom stereocenters. The molecule has 0 aliphatic carbocycles. The van der Waals surface area contributed by atoms with Gasteiger partial charge in [-0.3, -0.25) is 9.69 Å². The maximum Gasteiger partial charge on any atom is 0.228 e. The van der Waals surface area contributed by atoms with Crippen LogP contribution < -0.4 is 10.2 Å². The first-order valence-electron chi connectivity index (χ1n) is 17.2. The molecule has 1 saturated heterocycles. The number of nitrogens with one attached hydrogen (secondary N) is 1. The Balaban J connectivity index is 1.73. The Kier molecular flexibility index (Phi) is 1.76. The number of carbonyl (C=O) groups excluding carboxylic acids is 1. The van der Waals surface area contributed by atoms with Crippen LogP contribution in [0.4, 0.5) is 11.5 Å². The molecule has 0 saturated carbocycles. The van der Waals surface area contributed by atoms with Crippen LogP contribution in [-0.2, 0) is 17.5 Å². The minimum absolute atomic E-state index is 0.139. The number of hydrogen-bond acceptors (Lipinski definition) is 5. The van der Waals surface area contributed by atoms with Gasteiger partial charge in [0.05, 0.1) is 23.4 Å². The lowest BCUT2D eigenvalue weighted by atomic mass is 10.1. The number of benzene rings is 2. The van der Waals surface area contributed by atoms with Gasteiger partial charge in [-0.25, -0.2) is 0 Å². The first-order valence-corrected chi connectivity index (χ1v) is 8.82. The number of amides is 1. The van der Waals surface area contributed by atoms with Gasteiger partial charge in [0.15, 0.2) is 0 Å². The van der Waals surface area contributed by atoms with E-state index in [2.05, 4.69) is 4.37 Å². The van der Waals surface area contributed by atoms with Gasteiger partial charge in [0.1, 0.15) is 5.82 Å². The Morgan fingerprint density at radius 3 is 3.14 bits per heavy atom. The number of anilines is 2. The fraction of sp³-hybridized carbons (Fsp3) is 0.333. The van der Waals surface area contributed by atoms with E-state index in [1.807, 2.05) is 5.32 Å². The molecule has 28 heavy (non-hydrogen) atoms. The molecule has 2 aliphatic rings. The van der Waals surface area contributed by atoms with E-state index in [4.69, 9.17) is 37.6 Å². The third-order valence-corrected chi connectivity index (χ3v) is 4.69. The van der Waals surface area contributed by atoms with E-state index in [0.717, 1.165) is 0 Å². The van der Waals surface area contributed by atoms with Gasteiger partial charge in [-0.15, -0.1) is 0 Å². The SMILES string of the molecule is [2H]c1c(Cl)c(C([2H])([2H])C([2H])([2H])N2C([2H])([2H])C([2H])N(c3nsc4c([2H])c([2H])c([2H])c([2H])c34)C([2H])([2H])C2([2H])[2H])c([2H])c2c1NC(=O)C2([2H])[2H]. The van der Waals surface area contributed by atoms with Gasteiger partial charge >= 0.3 is 0 Å². The van der Waals surface area contributed by atoms with Crippen molar-refractivity contribution in [2.75, 3.05) is 42.7 Å². The second-order valence-electron chi connectivity index (χ2n) is 5.40. The molecule has 0 bridgehead atoms. The maximum absolute atomic E-state index is 12.3. The number of rotatable bonds is 4. The average molecular weight is 432 g/mol. The monoisotopic (exact) mass is 431 g/mol. The van der Waals surface area contributed by atoms with Crippen LogP contribution in [0.5, 0.6) is 0 Å². The standard InChI is InChI=1S/C21H21ClN4OS/c22-17-13-18-15(12-20(27)23-18)11-14(17)5-6-25-7-9-26(10-8-25)21-16-3-1-2-4-19(16)28-24-21/h1-4,11,13H,5-10,12H2,(H,23,27)/i1D,2D,3D,4D,5D2,6D2,7D2,8D2,9D,10D2,11D,12D2,13D. The van der Waals surface area contributed by atoms with E-state index in [1.54, 1.807) is 0 Å². The molecule has 0 radical (unpaired) electrons. The Hall–Kier alpha value is -2.15. The lowest BCUT2D eigenvalue weighted by Crippen LogP contribution is -2.47. The highest BCUT2D eigenvalue weighted by Crippen LogP contribution is 2.31. The van der Waals surface area contributed by atoms with Gasteiger partial charge in [0.25, 0.3) is 0 Å². The third-order valence-electron chi connectivity index (χ3n) is 3.65. The van der Waals surface area contributed by atoms with Crippen LogP contribution in [0, 0.1) is 0 Å². The minimum atomic E-state index is -4.10. The highest BCUT2D eigenvalue weighted by atomic mass is 35.5. The fourth-order valence-corrected chi connectivity index (χ4v) is 3.28. The maximum atomic E-state index is 12.3. The number of carbonyl (C=O) groups is 1. The molecule has 3 aromatic rings. The summed E-state index contributed by atoms with van der Waals surface area (Å²) in [6, 6.07) is -4.92. The van der Waals surface area contributed by atoms with Crippen LogP contribution in [0.2, 0.25) is 5.02 Å². The zero-order valence-electron chi connectivity index (χ0n) is 32.6. The Morgan fingerprint density at radius 1 is 1.32 bits per heavy atom. The van der Waals surface area contributed by atoms with E-state index in [0.29, 0.717) is 11.5 Å². The van der Waals surface area contributed by atoms with Crippen molar-refractivity contribution in [3.63, 3.8) is 0 Å². The van der Waals surface area contributed by atoms with E-state index >= 15 is 0 Å². The van der Waals surface area contributed by atoms with E-state index in [9.17, 15) is 4.79 Å². The van der Waals surface area contributed by atoms with Crippen LogP contribution in [0.1, 0.15) is 37.2 Å². The number of aromatic nitrogens is 1. The second-order valence-corrected chi connectivity index (χ2v) is 6.55. The van der Waals surface area contributed by atoms with Gasteiger partial charge in [0.2, 0.25) is 5.91 Å². The van der Waals surface area contributed by atoms with Gasteiger partial charge in [-0.05, 0) is 47.2 Å². The lowest BCUT2D eigenvalue weighted by molar-refractivity contribution is -0.115. The van der Waals surface area contributed by atoms with Crippen molar-refractivity contribution in [1.29, 1.82) is 0 Å². The molecule has 1 N–H and O–H groups in total. The average Bonchev–Trinajstić information content (AvgIpc) is 3.46. The quantitative estimate of drug-likeness (QED) is 0.682. The van der Waals surface area contributed by atoms with Crippen LogP contribution in [-0.4, -0.2) is 47.7 Å². The molecule has 1 fully saturated rings. The molecule has 2 aromatic carbocycles. The van der Waals surface area contributed by atoms with Crippen molar-refractivity contribution in [3.8, 4) is 0 Å². The van der Waals surface area contributed by atoms with E-state index in [-0.39, 0.29) is 9.60 Å². The van der Waals surface area contributed by atoms with Gasteiger partial charge < -0.3 is 10.2 Å². The summed E-state index contributed by atoms with van der Waals surface area (Å²) in [6.07, 6.45) is -6.90. The summed E-state index contributed by atoms with van der Waals surface area (Å²) >= 11 is 6.63. The summed E-state index contributed by atoms with van der Waals surface area (Å²) in [5, 5.41) is 0.548. The topological polar surface area (TPSA) is 48.5 Å². The second kappa shape index (κ2) is 7.35. The Bertz CT molecular complexity index is 1880. The lowest BCUT2D eigenvalue weighted by Gasteiger charge is -2.35. The molecule has 0 spiro atoms. The summed E-state index contributed by atoms with van der Waals surface area (Å²) in [7, 11) is 0. The Morgan fingerprint density at radius 2 is 2.21 bits per heavy atom. The zero-order valence-corrected chi connectivity index (χ0v) is 15.2. The fourth-order valence-electron chi connectivity index (χ4n) is 2.40. The van der Waals surface area contributed by atoms with Crippen molar-refractivity contribution in [3.05, 3.63) is 52.4 Å². The molecule has 7 heteroatoms. The van der Waals surface area contributed by atoms with Crippen LogP contribution in [0.15, 0.2) is 36.3 Å². The molecule has 2 aliphatic heterocycles. The molecular formula is C21H21ClN4OS. The molecule has 3 heterocycles. The van der Waals surface area contributed by atoms with Gasteiger partial charge in [-0.2, -0.15) is 4.37 Å². The largest absolute Gasteiger partial charge is 0.353 e. The number of hydrogen-bond donors (Lipinski definition) is 1. The molecule has 5 nitrogen and oxygen atoms in total. The number of nitrogens with zero attached hydrogens (tertiary/aromatic N) is 3. The molecule has 1 unspecified atom stereocenters. The number of piperazine rings is 1. The number of halogens is 1. The molecule has 144 valence electrons. The van der Waals surface area contributed by atoms with Crippen molar-refractivity contribution in [2.45, 2.75) is 12.7 Å². The van der Waals surface area contributed by atoms with Crippen LogP contribution >= 0.6 is 23.1 Å². The van der Waals surface area contributed by atoms with Crippen molar-refractivity contribution in [2.24, 2.45) is 0 Å². The number of fused-ring (bicyclic) bond motifs is 2. The predicted molar refractivity (Wildman–Crippen MR) is 116 cm³/mol. The Labute approximate surface area is 199 Å². The zero-order chi connectivity index (χ0) is 35.9.